The molecule has 1 aromatic rings. The SMILES string of the molecule is C[C@@H]1C[C@H]2O[C@H]2CC/C=C/[C@H](O)Cc2cc(O)cc(O)c2C(=O)O1. The van der Waals surface area contributed by atoms with Gasteiger partial charge in [-0.3, -0.25) is 0 Å². The number of aromatic hydroxyl groups is 2. The number of aliphatic hydroxyl groups is 1. The molecule has 2 heterocycles. The maximum Gasteiger partial charge on any atom is 0.342 e. The van der Waals surface area contributed by atoms with E-state index in [-0.39, 0.29) is 41.8 Å². The molecule has 6 heteroatoms. The third kappa shape index (κ3) is 3.88. The summed E-state index contributed by atoms with van der Waals surface area (Å²) >= 11 is 0. The molecule has 1 fully saturated rings. The van der Waals surface area contributed by atoms with Crippen LogP contribution in [-0.2, 0) is 15.9 Å². The summed E-state index contributed by atoms with van der Waals surface area (Å²) in [6.45, 7) is 1.79. The van der Waals surface area contributed by atoms with Gasteiger partial charge in [-0.15, -0.1) is 0 Å². The lowest BCUT2D eigenvalue weighted by Gasteiger charge is -2.17. The molecule has 0 saturated carbocycles. The van der Waals surface area contributed by atoms with Gasteiger partial charge in [0.25, 0.3) is 0 Å². The van der Waals surface area contributed by atoms with Crippen molar-refractivity contribution in [1.82, 2.24) is 0 Å². The van der Waals surface area contributed by atoms with Gasteiger partial charge >= 0.3 is 5.97 Å². The Morgan fingerprint density at radius 1 is 1.21 bits per heavy atom. The van der Waals surface area contributed by atoms with Crippen molar-refractivity contribution < 1.29 is 29.6 Å². The van der Waals surface area contributed by atoms with Crippen molar-refractivity contribution in [3.05, 3.63) is 35.4 Å². The topological polar surface area (TPSA) is 99.5 Å². The lowest BCUT2D eigenvalue weighted by molar-refractivity contribution is 0.0305. The third-order valence-electron chi connectivity index (χ3n) is 4.35. The fourth-order valence-corrected chi connectivity index (χ4v) is 3.13. The third-order valence-corrected chi connectivity index (χ3v) is 4.35. The van der Waals surface area contributed by atoms with Crippen molar-refractivity contribution >= 4 is 5.97 Å². The van der Waals surface area contributed by atoms with Crippen LogP contribution in [0.3, 0.4) is 0 Å². The lowest BCUT2D eigenvalue weighted by atomic mass is 9.99. The van der Waals surface area contributed by atoms with Crippen LogP contribution in [-0.4, -0.2) is 45.7 Å². The van der Waals surface area contributed by atoms with Gasteiger partial charge in [0, 0.05) is 18.9 Å². The van der Waals surface area contributed by atoms with Crippen LogP contribution in [0.4, 0.5) is 0 Å². The molecule has 0 bridgehead atoms. The van der Waals surface area contributed by atoms with E-state index in [9.17, 15) is 20.1 Å². The number of phenols is 2. The Morgan fingerprint density at radius 2 is 2.00 bits per heavy atom. The number of benzene rings is 1. The normalized spacial score (nSPS) is 32.0. The molecule has 0 spiro atoms. The van der Waals surface area contributed by atoms with Gasteiger partial charge in [-0.25, -0.2) is 4.79 Å². The van der Waals surface area contributed by atoms with Crippen molar-refractivity contribution in [2.24, 2.45) is 0 Å². The highest BCUT2D eigenvalue weighted by Gasteiger charge is 2.39. The molecule has 0 radical (unpaired) electrons. The molecule has 6 nitrogen and oxygen atoms in total. The average molecular weight is 334 g/mol. The number of esters is 1. The zero-order chi connectivity index (χ0) is 17.3. The second-order valence-electron chi connectivity index (χ2n) is 6.44. The van der Waals surface area contributed by atoms with Gasteiger partial charge in [0.05, 0.1) is 18.3 Å². The molecular formula is C18H22O6. The van der Waals surface area contributed by atoms with Gasteiger partial charge in [0.2, 0.25) is 0 Å². The molecule has 0 aromatic heterocycles. The molecule has 1 aromatic carbocycles. The van der Waals surface area contributed by atoms with Crippen LogP contribution in [0.5, 0.6) is 11.5 Å². The second-order valence-corrected chi connectivity index (χ2v) is 6.44. The number of ether oxygens (including phenoxy) is 2. The maximum absolute atomic E-state index is 12.4. The number of cyclic esters (lactones) is 1. The van der Waals surface area contributed by atoms with E-state index >= 15 is 0 Å². The van der Waals surface area contributed by atoms with Crippen LogP contribution < -0.4 is 0 Å². The van der Waals surface area contributed by atoms with Gasteiger partial charge in [0.15, 0.2) is 0 Å². The predicted octanol–water partition coefficient (Wildman–Crippen LogP) is 2.05. The molecule has 24 heavy (non-hydrogen) atoms. The number of allylic oxidation sites excluding steroid dienone is 1. The minimum atomic E-state index is -0.825. The minimum Gasteiger partial charge on any atom is -0.508 e. The van der Waals surface area contributed by atoms with Crippen molar-refractivity contribution in [2.45, 2.75) is 57.0 Å². The van der Waals surface area contributed by atoms with Crippen molar-refractivity contribution in [3.63, 3.8) is 0 Å². The zero-order valence-corrected chi connectivity index (χ0v) is 13.5. The first-order chi connectivity index (χ1) is 11.4. The summed E-state index contributed by atoms with van der Waals surface area (Å²) in [5, 5.41) is 29.9. The Hall–Kier alpha value is -2.05. The lowest BCUT2D eigenvalue weighted by Crippen LogP contribution is -2.20. The number of phenolic OH excluding ortho intramolecular Hbond substituents is 2. The molecule has 0 unspecified atom stereocenters. The molecule has 3 rings (SSSR count). The molecule has 130 valence electrons. The Morgan fingerprint density at radius 3 is 2.79 bits per heavy atom. The summed E-state index contributed by atoms with van der Waals surface area (Å²) in [6.07, 6.45) is 5.00. The van der Waals surface area contributed by atoms with E-state index in [1.54, 1.807) is 13.0 Å². The van der Waals surface area contributed by atoms with E-state index in [0.717, 1.165) is 18.9 Å². The highest BCUT2D eigenvalue weighted by Crippen LogP contribution is 2.33. The minimum absolute atomic E-state index is 0.0163. The van der Waals surface area contributed by atoms with E-state index in [1.807, 2.05) is 6.08 Å². The van der Waals surface area contributed by atoms with Gasteiger partial charge in [0.1, 0.15) is 23.2 Å². The van der Waals surface area contributed by atoms with Crippen molar-refractivity contribution in [2.75, 3.05) is 0 Å². The van der Waals surface area contributed by atoms with Crippen molar-refractivity contribution in [1.29, 1.82) is 0 Å². The first kappa shape index (κ1) is 16.8. The monoisotopic (exact) mass is 334 g/mol. The fourth-order valence-electron chi connectivity index (χ4n) is 3.13. The van der Waals surface area contributed by atoms with Crippen LogP contribution in [0.15, 0.2) is 24.3 Å². The number of aliphatic hydroxyl groups excluding tert-OH is 1. The molecular weight excluding hydrogens is 312 g/mol. The standard InChI is InChI=1S/C18H22O6/c1-10-6-16-15(24-16)5-3-2-4-12(19)7-11-8-13(20)9-14(21)17(11)18(22)23-10/h2,4,8-10,12,15-16,19-21H,3,5-7H2,1H3/b4-2+/t10-,12+,15+,16-/m1/s1. The van der Waals surface area contributed by atoms with Gasteiger partial charge < -0.3 is 24.8 Å². The number of carbonyl (C=O) groups excluding carboxylic acids is 1. The number of fused-ring (bicyclic) bond motifs is 2. The van der Waals surface area contributed by atoms with E-state index < -0.39 is 12.1 Å². The first-order valence-electron chi connectivity index (χ1n) is 8.20. The largest absolute Gasteiger partial charge is 0.508 e. The van der Waals surface area contributed by atoms with Crippen LogP contribution in [0.2, 0.25) is 0 Å². The molecule has 4 atom stereocenters. The summed E-state index contributed by atoms with van der Waals surface area (Å²) in [6, 6.07) is 2.46. The van der Waals surface area contributed by atoms with Gasteiger partial charge in [-0.2, -0.15) is 0 Å². The highest BCUT2D eigenvalue weighted by molar-refractivity contribution is 5.94. The number of rotatable bonds is 0. The smallest absolute Gasteiger partial charge is 0.342 e. The Bertz CT molecular complexity index is 653. The number of hydrogen-bond donors (Lipinski definition) is 3. The molecule has 0 aliphatic carbocycles. The maximum atomic E-state index is 12.4. The molecule has 1 saturated heterocycles. The number of hydrogen-bond acceptors (Lipinski definition) is 6. The Kier molecular flexibility index (Phi) is 4.78. The summed E-state index contributed by atoms with van der Waals surface area (Å²) < 4.78 is 11.0. The summed E-state index contributed by atoms with van der Waals surface area (Å²) in [5.74, 6) is -1.19. The van der Waals surface area contributed by atoms with E-state index in [4.69, 9.17) is 9.47 Å². The number of epoxide rings is 1. The predicted molar refractivity (Wildman–Crippen MR) is 86.0 cm³/mol. The second kappa shape index (κ2) is 6.83. The Balaban J connectivity index is 1.90. The summed E-state index contributed by atoms with van der Waals surface area (Å²) in [4.78, 5) is 12.4. The van der Waals surface area contributed by atoms with E-state index in [0.29, 0.717) is 12.0 Å². The van der Waals surface area contributed by atoms with Crippen molar-refractivity contribution in [3.8, 4) is 11.5 Å². The first-order valence-corrected chi connectivity index (χ1v) is 8.20. The van der Waals surface area contributed by atoms with E-state index in [1.165, 1.54) is 6.07 Å². The van der Waals surface area contributed by atoms with E-state index in [2.05, 4.69) is 0 Å². The fraction of sp³-hybridized carbons (Fsp3) is 0.500. The Labute approximate surface area is 140 Å². The molecule has 3 N–H and O–H groups in total. The van der Waals surface area contributed by atoms with Crippen LogP contribution in [0.25, 0.3) is 0 Å². The average Bonchev–Trinajstić information content (AvgIpc) is 3.19. The molecule has 2 aliphatic rings. The van der Waals surface area contributed by atoms with Crippen LogP contribution in [0, 0.1) is 0 Å². The molecule has 0 amide bonds. The molecule has 2 aliphatic heterocycles. The van der Waals surface area contributed by atoms with Gasteiger partial charge in [-0.05, 0) is 31.4 Å². The van der Waals surface area contributed by atoms with Crippen LogP contribution in [0.1, 0.15) is 42.1 Å². The quantitative estimate of drug-likeness (QED) is 0.381. The highest BCUT2D eigenvalue weighted by atomic mass is 16.6. The zero-order valence-electron chi connectivity index (χ0n) is 13.5. The summed E-state index contributed by atoms with van der Waals surface area (Å²) in [5.41, 5.74) is 0.330. The summed E-state index contributed by atoms with van der Waals surface area (Å²) in [7, 11) is 0. The van der Waals surface area contributed by atoms with Gasteiger partial charge in [-0.1, -0.05) is 12.2 Å². The number of carbonyl (C=O) groups is 1. The van der Waals surface area contributed by atoms with Crippen LogP contribution >= 0.6 is 0 Å².